The fourth-order valence-electron chi connectivity index (χ4n) is 1.84. The highest BCUT2D eigenvalue weighted by Crippen LogP contribution is 2.07. The Morgan fingerprint density at radius 3 is 2.68 bits per heavy atom. The lowest BCUT2D eigenvalue weighted by atomic mass is 10.3. The summed E-state index contributed by atoms with van der Waals surface area (Å²) in [4.78, 5) is 13.8. The Morgan fingerprint density at radius 1 is 1.42 bits per heavy atom. The molecule has 102 valence electrons. The minimum atomic E-state index is -0.0882. The van der Waals surface area contributed by atoms with Gasteiger partial charge in [-0.15, -0.1) is 0 Å². The lowest BCUT2D eigenvalue weighted by Gasteiger charge is -2.14. The van der Waals surface area contributed by atoms with Crippen molar-refractivity contribution in [3.05, 3.63) is 35.4 Å². The molecule has 2 heterocycles. The van der Waals surface area contributed by atoms with Crippen molar-refractivity contribution in [3.8, 4) is 0 Å². The third kappa shape index (κ3) is 2.83. The highest BCUT2D eigenvalue weighted by molar-refractivity contribution is 5.92. The Balaban J connectivity index is 2.06. The minimum absolute atomic E-state index is 0.0882. The van der Waals surface area contributed by atoms with E-state index >= 15 is 0 Å². The first-order valence-corrected chi connectivity index (χ1v) is 6.29. The zero-order chi connectivity index (χ0) is 14.0. The Hall–Kier alpha value is -2.11. The maximum absolute atomic E-state index is 12.2. The van der Waals surface area contributed by atoms with Gasteiger partial charge in [-0.2, -0.15) is 10.2 Å². The van der Waals surface area contributed by atoms with Crippen molar-refractivity contribution in [2.75, 3.05) is 7.05 Å². The van der Waals surface area contributed by atoms with Crippen LogP contribution < -0.4 is 0 Å². The van der Waals surface area contributed by atoms with Crippen LogP contribution in [-0.4, -0.2) is 37.4 Å². The zero-order valence-electron chi connectivity index (χ0n) is 11.8. The van der Waals surface area contributed by atoms with Crippen LogP contribution in [0.2, 0.25) is 0 Å². The fourth-order valence-corrected chi connectivity index (χ4v) is 1.84. The predicted octanol–water partition coefficient (Wildman–Crippen LogP) is 1.22. The number of amides is 1. The van der Waals surface area contributed by atoms with E-state index in [1.165, 1.54) is 0 Å². The number of carbonyl (C=O) groups is 1. The largest absolute Gasteiger partial charge is 0.334 e. The van der Waals surface area contributed by atoms with Gasteiger partial charge in [0.25, 0.3) is 5.91 Å². The number of carbonyl (C=O) groups excluding carboxylic acids is 1. The average Bonchev–Trinajstić information content (AvgIpc) is 2.96. The van der Waals surface area contributed by atoms with Gasteiger partial charge < -0.3 is 4.90 Å². The Bertz CT molecular complexity index is 564. The summed E-state index contributed by atoms with van der Waals surface area (Å²) in [5, 5.41) is 8.56. The zero-order valence-corrected chi connectivity index (χ0v) is 11.8. The molecule has 0 aliphatic rings. The molecule has 0 fully saturated rings. The van der Waals surface area contributed by atoms with E-state index < -0.39 is 0 Å². The van der Waals surface area contributed by atoms with Crippen LogP contribution in [0.3, 0.4) is 0 Å². The van der Waals surface area contributed by atoms with Crippen molar-refractivity contribution in [1.29, 1.82) is 0 Å². The van der Waals surface area contributed by atoms with Gasteiger partial charge >= 0.3 is 0 Å². The van der Waals surface area contributed by atoms with E-state index in [2.05, 4.69) is 10.2 Å². The summed E-state index contributed by atoms with van der Waals surface area (Å²) >= 11 is 0. The molecule has 2 rings (SSSR count). The summed E-state index contributed by atoms with van der Waals surface area (Å²) in [5.41, 5.74) is 2.31. The highest BCUT2D eigenvalue weighted by atomic mass is 16.2. The maximum atomic E-state index is 12.2. The molecule has 6 nitrogen and oxygen atoms in total. The second kappa shape index (κ2) is 5.26. The lowest BCUT2D eigenvalue weighted by Crippen LogP contribution is -2.27. The van der Waals surface area contributed by atoms with E-state index in [-0.39, 0.29) is 5.91 Å². The standard InChI is InChI=1S/C13H19N5O/c1-5-18-7-6-11(14-18)9-16(3)13(19)12-8-10(2)17(4)15-12/h6-8H,5,9H2,1-4H3. The summed E-state index contributed by atoms with van der Waals surface area (Å²) in [6.45, 7) is 5.27. The molecular formula is C13H19N5O. The van der Waals surface area contributed by atoms with Crippen LogP contribution in [0.15, 0.2) is 18.3 Å². The van der Waals surface area contributed by atoms with E-state index in [0.717, 1.165) is 17.9 Å². The van der Waals surface area contributed by atoms with Gasteiger partial charge in [0.05, 0.1) is 12.2 Å². The Morgan fingerprint density at radius 2 is 2.16 bits per heavy atom. The molecule has 0 radical (unpaired) electrons. The van der Waals surface area contributed by atoms with E-state index in [4.69, 9.17) is 0 Å². The number of aromatic nitrogens is 4. The molecule has 19 heavy (non-hydrogen) atoms. The number of hydrogen-bond donors (Lipinski definition) is 0. The van der Waals surface area contributed by atoms with Crippen LogP contribution in [-0.2, 0) is 20.1 Å². The Labute approximate surface area is 112 Å². The monoisotopic (exact) mass is 261 g/mol. The highest BCUT2D eigenvalue weighted by Gasteiger charge is 2.16. The van der Waals surface area contributed by atoms with Crippen LogP contribution in [0.5, 0.6) is 0 Å². The normalized spacial score (nSPS) is 10.7. The molecule has 1 amide bonds. The summed E-state index contributed by atoms with van der Waals surface area (Å²) in [6.07, 6.45) is 1.92. The molecule has 0 saturated carbocycles. The van der Waals surface area contributed by atoms with E-state index in [0.29, 0.717) is 12.2 Å². The van der Waals surface area contributed by atoms with Gasteiger partial charge in [-0.25, -0.2) is 0 Å². The molecule has 0 N–H and O–H groups in total. The van der Waals surface area contributed by atoms with Crippen LogP contribution in [0, 0.1) is 6.92 Å². The summed E-state index contributed by atoms with van der Waals surface area (Å²) in [6, 6.07) is 3.72. The smallest absolute Gasteiger partial charge is 0.274 e. The second-order valence-electron chi connectivity index (χ2n) is 4.62. The van der Waals surface area contributed by atoms with Crippen LogP contribution >= 0.6 is 0 Å². The molecule has 0 aliphatic carbocycles. The van der Waals surface area contributed by atoms with Gasteiger partial charge in [0, 0.05) is 32.5 Å². The summed E-state index contributed by atoms with van der Waals surface area (Å²) < 4.78 is 3.55. The second-order valence-corrected chi connectivity index (χ2v) is 4.62. The molecule has 6 heteroatoms. The van der Waals surface area contributed by atoms with Crippen molar-refractivity contribution < 1.29 is 4.79 Å². The topological polar surface area (TPSA) is 56.0 Å². The van der Waals surface area contributed by atoms with Crippen molar-refractivity contribution in [1.82, 2.24) is 24.5 Å². The van der Waals surface area contributed by atoms with Crippen LogP contribution in [0.1, 0.15) is 28.8 Å². The van der Waals surface area contributed by atoms with Crippen LogP contribution in [0.4, 0.5) is 0 Å². The predicted molar refractivity (Wildman–Crippen MR) is 71.6 cm³/mol. The number of nitrogens with zero attached hydrogens (tertiary/aromatic N) is 5. The quantitative estimate of drug-likeness (QED) is 0.831. The van der Waals surface area contributed by atoms with Crippen LogP contribution in [0.25, 0.3) is 0 Å². The fraction of sp³-hybridized carbons (Fsp3) is 0.462. The third-order valence-electron chi connectivity index (χ3n) is 3.10. The minimum Gasteiger partial charge on any atom is -0.334 e. The molecule has 0 saturated heterocycles. The molecule has 2 aromatic heterocycles. The third-order valence-corrected chi connectivity index (χ3v) is 3.10. The molecule has 0 bridgehead atoms. The van der Waals surface area contributed by atoms with E-state index in [1.54, 1.807) is 22.7 Å². The van der Waals surface area contributed by atoms with E-state index in [1.807, 2.05) is 37.8 Å². The van der Waals surface area contributed by atoms with E-state index in [9.17, 15) is 4.79 Å². The summed E-state index contributed by atoms with van der Waals surface area (Å²) in [5.74, 6) is -0.0882. The van der Waals surface area contributed by atoms with Crippen molar-refractivity contribution in [3.63, 3.8) is 0 Å². The average molecular weight is 261 g/mol. The van der Waals surface area contributed by atoms with Crippen molar-refractivity contribution in [2.45, 2.75) is 26.9 Å². The van der Waals surface area contributed by atoms with Crippen molar-refractivity contribution >= 4 is 5.91 Å². The SMILES string of the molecule is CCn1ccc(CN(C)C(=O)c2cc(C)n(C)n2)n1. The first-order valence-electron chi connectivity index (χ1n) is 6.29. The van der Waals surface area contributed by atoms with Crippen molar-refractivity contribution in [2.24, 2.45) is 7.05 Å². The van der Waals surface area contributed by atoms with Gasteiger partial charge in [0.2, 0.25) is 0 Å². The Kier molecular flexibility index (Phi) is 3.69. The molecule has 0 aliphatic heterocycles. The number of aryl methyl sites for hydroxylation is 3. The molecule has 0 spiro atoms. The van der Waals surface area contributed by atoms with Gasteiger partial charge in [-0.3, -0.25) is 14.2 Å². The van der Waals surface area contributed by atoms with Gasteiger partial charge in [-0.05, 0) is 26.0 Å². The molecular weight excluding hydrogens is 242 g/mol. The molecule has 2 aromatic rings. The first kappa shape index (κ1) is 13.3. The molecule has 0 aromatic carbocycles. The number of rotatable bonds is 4. The molecule has 0 atom stereocenters. The first-order chi connectivity index (χ1) is 9.01. The van der Waals surface area contributed by atoms with Gasteiger partial charge in [0.1, 0.15) is 0 Å². The maximum Gasteiger partial charge on any atom is 0.274 e. The van der Waals surface area contributed by atoms with Gasteiger partial charge in [-0.1, -0.05) is 0 Å². The molecule has 0 unspecified atom stereocenters. The lowest BCUT2D eigenvalue weighted by molar-refractivity contribution is 0.0776. The van der Waals surface area contributed by atoms with Gasteiger partial charge in [0.15, 0.2) is 5.69 Å². The summed E-state index contributed by atoms with van der Waals surface area (Å²) in [7, 11) is 3.59. The number of hydrogen-bond acceptors (Lipinski definition) is 3.